The number of hydrogen-bond acceptors (Lipinski definition) is 5. The summed E-state index contributed by atoms with van der Waals surface area (Å²) in [5.74, 6) is -0.0839. The number of amides is 2. The highest BCUT2D eigenvalue weighted by Crippen LogP contribution is 2.18. The van der Waals surface area contributed by atoms with Gasteiger partial charge in [0.25, 0.3) is 5.91 Å². The van der Waals surface area contributed by atoms with Crippen molar-refractivity contribution < 1.29 is 9.59 Å². The van der Waals surface area contributed by atoms with E-state index in [-0.39, 0.29) is 23.3 Å². The molecule has 4 N–H and O–H groups in total. The van der Waals surface area contributed by atoms with Crippen LogP contribution >= 0.6 is 0 Å². The first kappa shape index (κ1) is 13.3. The SMILES string of the molecule is Nc1cncc(C(=O)NCCCC(=O)NC2CC2)n1. The monoisotopic (exact) mass is 263 g/mol. The fraction of sp³-hybridized carbons (Fsp3) is 0.500. The molecule has 1 heterocycles. The third-order valence-electron chi connectivity index (χ3n) is 2.69. The zero-order chi connectivity index (χ0) is 13.7. The molecule has 102 valence electrons. The van der Waals surface area contributed by atoms with Crippen LogP contribution in [0.3, 0.4) is 0 Å². The molecule has 0 bridgehead atoms. The van der Waals surface area contributed by atoms with Gasteiger partial charge in [-0.1, -0.05) is 0 Å². The third-order valence-corrected chi connectivity index (χ3v) is 2.69. The predicted molar refractivity (Wildman–Crippen MR) is 69.2 cm³/mol. The van der Waals surface area contributed by atoms with Crippen LogP contribution in [-0.2, 0) is 4.79 Å². The summed E-state index contributed by atoms with van der Waals surface area (Å²) in [7, 11) is 0. The molecule has 1 aromatic heterocycles. The zero-order valence-electron chi connectivity index (χ0n) is 10.6. The fourth-order valence-corrected chi connectivity index (χ4v) is 1.56. The summed E-state index contributed by atoms with van der Waals surface area (Å²) >= 11 is 0. The average Bonchev–Trinajstić information content (AvgIpc) is 3.18. The van der Waals surface area contributed by atoms with Gasteiger partial charge in [0.15, 0.2) is 0 Å². The molecule has 0 aromatic carbocycles. The molecule has 2 amide bonds. The zero-order valence-corrected chi connectivity index (χ0v) is 10.6. The Kier molecular flexibility index (Phi) is 4.27. The van der Waals surface area contributed by atoms with Crippen LogP contribution in [0.1, 0.15) is 36.2 Å². The van der Waals surface area contributed by atoms with E-state index in [0.717, 1.165) is 12.8 Å². The highest BCUT2D eigenvalue weighted by molar-refractivity contribution is 5.92. The summed E-state index contributed by atoms with van der Waals surface area (Å²) in [4.78, 5) is 30.7. The van der Waals surface area contributed by atoms with Crippen molar-refractivity contribution in [1.82, 2.24) is 20.6 Å². The highest BCUT2D eigenvalue weighted by Gasteiger charge is 2.22. The summed E-state index contributed by atoms with van der Waals surface area (Å²) in [6.07, 6.45) is 5.90. The molecule has 0 radical (unpaired) electrons. The Labute approximate surface area is 111 Å². The molecule has 7 heteroatoms. The molecule has 1 aliphatic rings. The smallest absolute Gasteiger partial charge is 0.271 e. The van der Waals surface area contributed by atoms with E-state index in [0.29, 0.717) is 25.4 Å². The van der Waals surface area contributed by atoms with Crippen LogP contribution in [0.25, 0.3) is 0 Å². The molecule has 2 rings (SSSR count). The summed E-state index contributed by atoms with van der Waals surface area (Å²) in [5, 5.41) is 5.56. The topological polar surface area (TPSA) is 110 Å². The van der Waals surface area contributed by atoms with Crippen LogP contribution in [0.2, 0.25) is 0 Å². The van der Waals surface area contributed by atoms with Crippen molar-refractivity contribution in [2.75, 3.05) is 12.3 Å². The lowest BCUT2D eigenvalue weighted by atomic mass is 10.3. The normalized spacial score (nSPS) is 13.9. The molecule has 1 aliphatic carbocycles. The second-order valence-corrected chi connectivity index (χ2v) is 4.53. The van der Waals surface area contributed by atoms with Crippen molar-refractivity contribution in [2.24, 2.45) is 0 Å². The minimum absolute atomic E-state index is 0.0421. The molecule has 1 aromatic rings. The van der Waals surface area contributed by atoms with Gasteiger partial charge < -0.3 is 16.4 Å². The van der Waals surface area contributed by atoms with Crippen molar-refractivity contribution in [3.63, 3.8) is 0 Å². The maximum atomic E-state index is 11.7. The molecule has 1 saturated carbocycles. The van der Waals surface area contributed by atoms with Crippen molar-refractivity contribution >= 4 is 17.6 Å². The van der Waals surface area contributed by atoms with Gasteiger partial charge >= 0.3 is 0 Å². The Morgan fingerprint density at radius 1 is 1.37 bits per heavy atom. The molecule has 0 atom stereocenters. The van der Waals surface area contributed by atoms with Gasteiger partial charge in [-0.25, -0.2) is 4.98 Å². The number of carbonyl (C=O) groups is 2. The van der Waals surface area contributed by atoms with Crippen LogP contribution in [0.15, 0.2) is 12.4 Å². The van der Waals surface area contributed by atoms with Gasteiger partial charge in [-0.05, 0) is 19.3 Å². The number of anilines is 1. The largest absolute Gasteiger partial charge is 0.382 e. The fourth-order valence-electron chi connectivity index (χ4n) is 1.56. The van der Waals surface area contributed by atoms with E-state index in [1.54, 1.807) is 0 Å². The minimum Gasteiger partial charge on any atom is -0.382 e. The van der Waals surface area contributed by atoms with Crippen LogP contribution < -0.4 is 16.4 Å². The Morgan fingerprint density at radius 2 is 2.16 bits per heavy atom. The number of carbonyl (C=O) groups excluding carboxylic acids is 2. The van der Waals surface area contributed by atoms with Gasteiger partial charge in [0, 0.05) is 19.0 Å². The van der Waals surface area contributed by atoms with Gasteiger partial charge in [0.05, 0.1) is 12.4 Å². The first-order chi connectivity index (χ1) is 9.15. The Balaban J connectivity index is 1.64. The number of hydrogen-bond donors (Lipinski definition) is 3. The van der Waals surface area contributed by atoms with Gasteiger partial charge in [0.1, 0.15) is 11.5 Å². The van der Waals surface area contributed by atoms with E-state index in [2.05, 4.69) is 20.6 Å². The van der Waals surface area contributed by atoms with Gasteiger partial charge in [-0.15, -0.1) is 0 Å². The Morgan fingerprint density at radius 3 is 2.84 bits per heavy atom. The molecular weight excluding hydrogens is 246 g/mol. The van der Waals surface area contributed by atoms with E-state index in [1.807, 2.05) is 0 Å². The number of nitrogens with two attached hydrogens (primary N) is 1. The van der Waals surface area contributed by atoms with Crippen LogP contribution in [0, 0.1) is 0 Å². The molecular formula is C12H17N5O2. The van der Waals surface area contributed by atoms with Crippen molar-refractivity contribution in [1.29, 1.82) is 0 Å². The lowest BCUT2D eigenvalue weighted by Crippen LogP contribution is -2.29. The van der Waals surface area contributed by atoms with E-state index < -0.39 is 0 Å². The molecule has 1 fully saturated rings. The first-order valence-electron chi connectivity index (χ1n) is 6.30. The van der Waals surface area contributed by atoms with Crippen molar-refractivity contribution in [3.05, 3.63) is 18.1 Å². The van der Waals surface area contributed by atoms with Gasteiger partial charge in [-0.2, -0.15) is 0 Å². The molecule has 7 nitrogen and oxygen atoms in total. The second-order valence-electron chi connectivity index (χ2n) is 4.53. The summed E-state index contributed by atoms with van der Waals surface area (Å²) in [5.41, 5.74) is 5.62. The Hall–Kier alpha value is -2.18. The van der Waals surface area contributed by atoms with E-state index in [1.165, 1.54) is 12.4 Å². The lowest BCUT2D eigenvalue weighted by Gasteiger charge is -2.05. The van der Waals surface area contributed by atoms with Crippen LogP contribution in [0.5, 0.6) is 0 Å². The summed E-state index contributed by atoms with van der Waals surface area (Å²) < 4.78 is 0. The van der Waals surface area contributed by atoms with E-state index in [9.17, 15) is 9.59 Å². The quantitative estimate of drug-likeness (QED) is 0.618. The maximum absolute atomic E-state index is 11.7. The van der Waals surface area contributed by atoms with Crippen molar-refractivity contribution in [2.45, 2.75) is 31.7 Å². The molecule has 0 saturated heterocycles. The molecule has 0 aliphatic heterocycles. The summed E-state index contributed by atoms with van der Waals surface area (Å²) in [6.45, 7) is 0.424. The standard InChI is InChI=1S/C12H17N5O2/c13-10-7-14-6-9(17-10)12(19)15-5-1-2-11(18)16-8-3-4-8/h6-8H,1-5H2,(H2,13,17)(H,15,19)(H,16,18). The number of nitrogen functional groups attached to an aromatic ring is 1. The van der Waals surface area contributed by atoms with Gasteiger partial charge in [0.2, 0.25) is 5.91 Å². The lowest BCUT2D eigenvalue weighted by molar-refractivity contribution is -0.121. The number of aromatic nitrogens is 2. The van der Waals surface area contributed by atoms with E-state index in [4.69, 9.17) is 5.73 Å². The van der Waals surface area contributed by atoms with Crippen LogP contribution in [-0.4, -0.2) is 34.4 Å². The first-order valence-corrected chi connectivity index (χ1v) is 6.30. The van der Waals surface area contributed by atoms with Crippen LogP contribution in [0.4, 0.5) is 5.82 Å². The predicted octanol–water partition coefficient (Wildman–Crippen LogP) is -0.153. The number of nitrogens with zero attached hydrogens (tertiary/aromatic N) is 2. The highest BCUT2D eigenvalue weighted by atomic mass is 16.2. The number of rotatable bonds is 6. The molecule has 0 spiro atoms. The van der Waals surface area contributed by atoms with Gasteiger partial charge in [-0.3, -0.25) is 14.6 Å². The Bertz CT molecular complexity index is 473. The summed E-state index contributed by atoms with van der Waals surface area (Å²) in [6, 6.07) is 0.379. The second kappa shape index (κ2) is 6.12. The molecule has 0 unspecified atom stereocenters. The number of nitrogens with one attached hydrogen (secondary N) is 2. The van der Waals surface area contributed by atoms with Crippen molar-refractivity contribution in [3.8, 4) is 0 Å². The van der Waals surface area contributed by atoms with E-state index >= 15 is 0 Å². The average molecular weight is 263 g/mol. The third kappa shape index (κ3) is 4.53. The molecule has 19 heavy (non-hydrogen) atoms. The minimum atomic E-state index is -0.331. The maximum Gasteiger partial charge on any atom is 0.271 e.